The predicted molar refractivity (Wildman–Crippen MR) is 68.2 cm³/mol. The summed E-state index contributed by atoms with van der Waals surface area (Å²) in [6.45, 7) is 11.0. The number of nitrogens with two attached hydrogens (primary N) is 2. The molecule has 0 amide bonds. The monoisotopic (exact) mass is 236 g/mol. The van der Waals surface area contributed by atoms with Crippen molar-refractivity contribution in [2.45, 2.75) is 40.2 Å². The lowest BCUT2D eigenvalue weighted by atomic mass is 10.0. The zero-order valence-corrected chi connectivity index (χ0v) is 11.0. The fourth-order valence-corrected chi connectivity index (χ4v) is 2.60. The average Bonchev–Trinajstić information content (AvgIpc) is 2.41. The van der Waals surface area contributed by atoms with Crippen LogP contribution in [0.3, 0.4) is 0 Å². The van der Waals surface area contributed by atoms with Gasteiger partial charge in [-0.05, 0) is 17.8 Å². The largest absolute Gasteiger partial charge is 0.368 e. The number of hydrogen-bond donors (Lipinski definition) is 3. The molecule has 0 aliphatic heterocycles. The van der Waals surface area contributed by atoms with Gasteiger partial charge in [0, 0.05) is 5.54 Å². The smallest absolute Gasteiger partial charge is 0.229 e. The van der Waals surface area contributed by atoms with Crippen LogP contribution in [0.5, 0.6) is 0 Å². The Morgan fingerprint density at radius 2 is 1.24 bits per heavy atom. The summed E-state index contributed by atoms with van der Waals surface area (Å²) in [5.74, 6) is 0.718. The van der Waals surface area contributed by atoms with Crippen LogP contribution in [0.1, 0.15) is 34.6 Å². The number of anilines is 3. The highest BCUT2D eigenvalue weighted by Crippen LogP contribution is 2.71. The van der Waals surface area contributed by atoms with Crippen LogP contribution in [0.15, 0.2) is 0 Å². The molecule has 0 spiro atoms. The van der Waals surface area contributed by atoms with E-state index >= 15 is 0 Å². The first-order chi connectivity index (χ1) is 7.62. The van der Waals surface area contributed by atoms with Crippen molar-refractivity contribution in [2.75, 3.05) is 16.8 Å². The van der Waals surface area contributed by atoms with Crippen LogP contribution in [-0.4, -0.2) is 20.5 Å². The number of aromatic nitrogens is 3. The number of rotatable bonds is 2. The Hall–Kier alpha value is -1.59. The fourth-order valence-electron chi connectivity index (χ4n) is 2.60. The van der Waals surface area contributed by atoms with E-state index in [2.05, 4.69) is 54.9 Å². The number of hydrogen-bond acceptors (Lipinski definition) is 6. The molecule has 1 aromatic heterocycles. The van der Waals surface area contributed by atoms with Crippen LogP contribution >= 0.6 is 0 Å². The molecule has 0 unspecified atom stereocenters. The van der Waals surface area contributed by atoms with Crippen LogP contribution < -0.4 is 16.8 Å². The second-order valence-corrected chi connectivity index (χ2v) is 5.88. The molecule has 1 heterocycles. The van der Waals surface area contributed by atoms with Gasteiger partial charge in [0.1, 0.15) is 0 Å². The average molecular weight is 236 g/mol. The van der Waals surface area contributed by atoms with Gasteiger partial charge < -0.3 is 16.8 Å². The molecule has 5 N–H and O–H groups in total. The topological polar surface area (TPSA) is 103 Å². The van der Waals surface area contributed by atoms with Gasteiger partial charge in [-0.3, -0.25) is 0 Å². The van der Waals surface area contributed by atoms with E-state index in [1.165, 1.54) is 0 Å². The van der Waals surface area contributed by atoms with Gasteiger partial charge in [-0.2, -0.15) is 15.0 Å². The molecular formula is C11H20N6. The van der Waals surface area contributed by atoms with Crippen molar-refractivity contribution in [2.24, 2.45) is 10.8 Å². The maximum absolute atomic E-state index is 5.55. The van der Waals surface area contributed by atoms with Crippen LogP contribution in [-0.2, 0) is 0 Å². The van der Waals surface area contributed by atoms with Crippen molar-refractivity contribution >= 4 is 17.8 Å². The van der Waals surface area contributed by atoms with Gasteiger partial charge in [-0.25, -0.2) is 0 Å². The van der Waals surface area contributed by atoms with Crippen molar-refractivity contribution in [3.8, 4) is 0 Å². The molecule has 0 radical (unpaired) electrons. The van der Waals surface area contributed by atoms with Crippen LogP contribution in [0, 0.1) is 10.8 Å². The molecule has 1 fully saturated rings. The van der Waals surface area contributed by atoms with E-state index < -0.39 is 0 Å². The summed E-state index contributed by atoms with van der Waals surface area (Å²) in [7, 11) is 0. The third-order valence-corrected chi connectivity index (χ3v) is 5.03. The van der Waals surface area contributed by atoms with Crippen molar-refractivity contribution < 1.29 is 0 Å². The Morgan fingerprint density at radius 1 is 0.824 bits per heavy atom. The lowest BCUT2D eigenvalue weighted by molar-refractivity contribution is 0.457. The molecule has 1 aromatic rings. The Kier molecular flexibility index (Phi) is 2.09. The Balaban J connectivity index is 2.29. The Labute approximate surface area is 101 Å². The highest BCUT2D eigenvalue weighted by Gasteiger charge is 2.74. The quantitative estimate of drug-likeness (QED) is 0.714. The van der Waals surface area contributed by atoms with Gasteiger partial charge in [0.05, 0.1) is 0 Å². The summed E-state index contributed by atoms with van der Waals surface area (Å²) in [5.41, 5.74) is 11.3. The van der Waals surface area contributed by atoms with Gasteiger partial charge in [0.2, 0.25) is 17.8 Å². The van der Waals surface area contributed by atoms with Crippen molar-refractivity contribution in [3.63, 3.8) is 0 Å². The van der Waals surface area contributed by atoms with Gasteiger partial charge in [-0.15, -0.1) is 0 Å². The van der Waals surface area contributed by atoms with Crippen LogP contribution in [0.4, 0.5) is 17.8 Å². The van der Waals surface area contributed by atoms with Gasteiger partial charge in [-0.1, -0.05) is 27.7 Å². The maximum Gasteiger partial charge on any atom is 0.229 e. The van der Waals surface area contributed by atoms with E-state index in [-0.39, 0.29) is 28.3 Å². The first kappa shape index (κ1) is 11.9. The lowest BCUT2D eigenvalue weighted by Gasteiger charge is -2.18. The van der Waals surface area contributed by atoms with Crippen molar-refractivity contribution in [3.05, 3.63) is 0 Å². The highest BCUT2D eigenvalue weighted by molar-refractivity contribution is 5.46. The summed E-state index contributed by atoms with van der Waals surface area (Å²) in [6, 6.07) is 0. The molecule has 0 bridgehead atoms. The van der Waals surface area contributed by atoms with E-state index in [1.54, 1.807) is 0 Å². The van der Waals surface area contributed by atoms with E-state index in [9.17, 15) is 0 Å². The first-order valence-electron chi connectivity index (χ1n) is 5.67. The minimum atomic E-state index is -0.0831. The summed E-state index contributed by atoms with van der Waals surface area (Å²) < 4.78 is 0. The molecule has 1 aliphatic carbocycles. The van der Waals surface area contributed by atoms with Crippen LogP contribution in [0.2, 0.25) is 0 Å². The standard InChI is InChI=1S/C11H20N6/c1-9(2)10(3,4)11(9,5)17-8-15-6(12)14-7(13)16-8/h1-5H3,(H5,12,13,14,15,16,17). The second-order valence-electron chi connectivity index (χ2n) is 5.88. The number of nitrogens with one attached hydrogen (secondary N) is 1. The molecule has 1 aliphatic rings. The minimum absolute atomic E-state index is 0.0831. The molecule has 2 rings (SSSR count). The molecule has 6 nitrogen and oxygen atoms in total. The van der Waals surface area contributed by atoms with Crippen molar-refractivity contribution in [1.82, 2.24) is 15.0 Å². The third-order valence-electron chi connectivity index (χ3n) is 5.03. The van der Waals surface area contributed by atoms with Crippen molar-refractivity contribution in [1.29, 1.82) is 0 Å². The summed E-state index contributed by atoms with van der Waals surface area (Å²) in [4.78, 5) is 11.9. The number of nitrogen functional groups attached to an aromatic ring is 2. The second kappa shape index (κ2) is 3.00. The highest BCUT2D eigenvalue weighted by atomic mass is 15.3. The van der Waals surface area contributed by atoms with Gasteiger partial charge in [0.15, 0.2) is 0 Å². The fraction of sp³-hybridized carbons (Fsp3) is 0.727. The van der Waals surface area contributed by atoms with E-state index in [4.69, 9.17) is 11.5 Å². The van der Waals surface area contributed by atoms with Gasteiger partial charge in [0.25, 0.3) is 0 Å². The molecule has 0 aromatic carbocycles. The minimum Gasteiger partial charge on any atom is -0.368 e. The van der Waals surface area contributed by atoms with E-state index in [1.807, 2.05) is 0 Å². The normalized spacial score (nSPS) is 23.1. The van der Waals surface area contributed by atoms with E-state index in [0.29, 0.717) is 5.95 Å². The van der Waals surface area contributed by atoms with Gasteiger partial charge >= 0.3 is 0 Å². The van der Waals surface area contributed by atoms with Crippen LogP contribution in [0.25, 0.3) is 0 Å². The lowest BCUT2D eigenvalue weighted by Crippen LogP contribution is -2.27. The molecular weight excluding hydrogens is 216 g/mol. The maximum atomic E-state index is 5.55. The number of nitrogens with zero attached hydrogens (tertiary/aromatic N) is 3. The van der Waals surface area contributed by atoms with E-state index in [0.717, 1.165) is 0 Å². The molecule has 0 saturated heterocycles. The third kappa shape index (κ3) is 1.36. The Morgan fingerprint density at radius 3 is 1.59 bits per heavy atom. The summed E-state index contributed by atoms with van der Waals surface area (Å²) in [6.07, 6.45) is 0. The molecule has 1 saturated carbocycles. The molecule has 17 heavy (non-hydrogen) atoms. The predicted octanol–water partition coefficient (Wildman–Crippen LogP) is 1.27. The zero-order valence-electron chi connectivity index (χ0n) is 11.0. The Bertz CT molecular complexity index is 431. The zero-order chi connectivity index (χ0) is 13.1. The molecule has 6 heteroatoms. The SMILES string of the molecule is CC1(C)C(C)(C)C1(C)Nc1nc(N)nc(N)n1. The molecule has 94 valence electrons. The summed E-state index contributed by atoms with van der Waals surface area (Å²) >= 11 is 0. The summed E-state index contributed by atoms with van der Waals surface area (Å²) in [5, 5.41) is 3.33. The first-order valence-corrected chi connectivity index (χ1v) is 5.67. The molecule has 0 atom stereocenters.